The van der Waals surface area contributed by atoms with E-state index in [9.17, 15) is 29.2 Å². The zero-order valence-electron chi connectivity index (χ0n) is 26.0. The number of fused-ring (bicyclic) bond motifs is 1. The average Bonchev–Trinajstić information content (AvgIpc) is 2.97. The fraction of sp³-hybridized carbons (Fsp3) is 0.364. The number of pyridine rings is 1. The SMILES string of the molecule is CC(=O)OC[C@@H]1O[C@@H](n2c(C)c(C(C)=O)c(-c3cccc4ccccc34)c(C#N)c2=S)[C@@H](OC(C)=O)[C@H](OC(C)=O)[C@@H]1OC(C)=O. The van der Waals surface area contributed by atoms with Gasteiger partial charge < -0.3 is 28.3 Å². The van der Waals surface area contributed by atoms with Crippen molar-refractivity contribution in [3.05, 3.63) is 63.9 Å². The Morgan fingerprint density at radius 1 is 0.848 bits per heavy atom. The Hall–Kier alpha value is -4.93. The minimum absolute atomic E-state index is 0.0324. The molecule has 1 saturated heterocycles. The monoisotopic (exact) mass is 648 g/mol. The van der Waals surface area contributed by atoms with Gasteiger partial charge in [0.2, 0.25) is 0 Å². The molecule has 0 amide bonds. The van der Waals surface area contributed by atoms with E-state index in [0.29, 0.717) is 11.1 Å². The number of aromatic nitrogens is 1. The van der Waals surface area contributed by atoms with Crippen LogP contribution < -0.4 is 0 Å². The summed E-state index contributed by atoms with van der Waals surface area (Å²) in [7, 11) is 0. The molecule has 240 valence electrons. The molecule has 0 bridgehead atoms. The summed E-state index contributed by atoms with van der Waals surface area (Å²) in [5.74, 6) is -3.46. The summed E-state index contributed by atoms with van der Waals surface area (Å²) in [4.78, 5) is 62.1. The van der Waals surface area contributed by atoms with Gasteiger partial charge in [-0.05, 0) is 30.2 Å². The molecule has 0 radical (unpaired) electrons. The first-order valence-corrected chi connectivity index (χ1v) is 14.7. The average molecular weight is 649 g/mol. The number of esters is 4. The van der Waals surface area contributed by atoms with Crippen molar-refractivity contribution in [1.29, 1.82) is 5.26 Å². The summed E-state index contributed by atoms with van der Waals surface area (Å²) >= 11 is 5.88. The second-order valence-corrected chi connectivity index (χ2v) is 11.1. The van der Waals surface area contributed by atoms with Crippen molar-refractivity contribution in [3.63, 3.8) is 0 Å². The third-order valence-electron chi connectivity index (χ3n) is 7.40. The largest absolute Gasteiger partial charge is 0.463 e. The lowest BCUT2D eigenvalue weighted by molar-refractivity contribution is -0.269. The number of carbonyl (C=O) groups excluding carboxylic acids is 5. The zero-order chi connectivity index (χ0) is 33.9. The molecule has 1 aliphatic heterocycles. The number of hydrogen-bond donors (Lipinski definition) is 0. The van der Waals surface area contributed by atoms with Crippen molar-refractivity contribution in [2.75, 3.05) is 6.61 Å². The molecule has 5 atom stereocenters. The molecular formula is C33H32N2O10S. The summed E-state index contributed by atoms with van der Waals surface area (Å²) in [5.41, 5.74) is 1.28. The van der Waals surface area contributed by atoms with E-state index in [0.717, 1.165) is 38.5 Å². The Morgan fingerprint density at radius 3 is 2.02 bits per heavy atom. The topological polar surface area (TPSA) is 160 Å². The molecule has 1 aromatic heterocycles. The highest BCUT2D eigenvalue weighted by molar-refractivity contribution is 7.71. The number of ether oxygens (including phenoxy) is 5. The number of rotatable bonds is 8. The minimum Gasteiger partial charge on any atom is -0.463 e. The fourth-order valence-electron chi connectivity index (χ4n) is 5.77. The van der Waals surface area contributed by atoms with Crippen LogP contribution in [-0.4, -0.2) is 65.3 Å². The van der Waals surface area contributed by atoms with E-state index in [-0.39, 0.29) is 21.5 Å². The third kappa shape index (κ3) is 6.83. The maximum absolute atomic E-state index is 13.4. The molecule has 46 heavy (non-hydrogen) atoms. The van der Waals surface area contributed by atoms with Crippen LogP contribution in [0.25, 0.3) is 21.9 Å². The number of carbonyl (C=O) groups is 5. The summed E-state index contributed by atoms with van der Waals surface area (Å²) < 4.78 is 29.5. The Labute approximate surface area is 269 Å². The quantitative estimate of drug-likeness (QED) is 0.144. The van der Waals surface area contributed by atoms with E-state index in [1.165, 1.54) is 11.5 Å². The first kappa shape index (κ1) is 34.0. The zero-order valence-corrected chi connectivity index (χ0v) is 26.8. The number of Topliss-reactive ketones (excluding diaryl/α,β-unsaturated/α-hetero) is 1. The molecule has 4 rings (SSSR count). The van der Waals surface area contributed by atoms with Gasteiger partial charge >= 0.3 is 23.9 Å². The lowest BCUT2D eigenvalue weighted by Gasteiger charge is -2.45. The maximum atomic E-state index is 13.4. The van der Waals surface area contributed by atoms with Crippen LogP contribution in [0.4, 0.5) is 0 Å². The fourth-order valence-corrected chi connectivity index (χ4v) is 6.16. The Kier molecular flexibility index (Phi) is 10.3. The van der Waals surface area contributed by atoms with Gasteiger partial charge in [0.25, 0.3) is 0 Å². The highest BCUT2D eigenvalue weighted by Crippen LogP contribution is 2.41. The molecule has 0 unspecified atom stereocenters. The van der Waals surface area contributed by atoms with Crippen molar-refractivity contribution >= 4 is 52.7 Å². The second kappa shape index (κ2) is 14.0. The van der Waals surface area contributed by atoms with Gasteiger partial charge in [0.15, 0.2) is 30.3 Å². The van der Waals surface area contributed by atoms with Crippen LogP contribution >= 0.6 is 12.2 Å². The van der Waals surface area contributed by atoms with Crippen LogP contribution in [0.1, 0.15) is 62.5 Å². The predicted octanol–water partition coefficient (Wildman–Crippen LogP) is 4.68. The molecule has 0 N–H and O–H groups in total. The van der Waals surface area contributed by atoms with Crippen LogP contribution in [0.3, 0.4) is 0 Å². The Balaban J connectivity index is 2.06. The first-order chi connectivity index (χ1) is 21.8. The predicted molar refractivity (Wildman–Crippen MR) is 165 cm³/mol. The molecule has 2 heterocycles. The van der Waals surface area contributed by atoms with Crippen LogP contribution in [-0.2, 0) is 42.9 Å². The van der Waals surface area contributed by atoms with Crippen molar-refractivity contribution < 1.29 is 47.7 Å². The second-order valence-electron chi connectivity index (χ2n) is 10.7. The number of nitrogens with zero attached hydrogens (tertiary/aromatic N) is 2. The van der Waals surface area contributed by atoms with Gasteiger partial charge in [-0.1, -0.05) is 54.7 Å². The lowest BCUT2D eigenvalue weighted by atomic mass is 9.89. The van der Waals surface area contributed by atoms with Gasteiger partial charge in [0, 0.05) is 44.5 Å². The number of nitriles is 1. The highest BCUT2D eigenvalue weighted by Gasteiger charge is 2.53. The van der Waals surface area contributed by atoms with Crippen molar-refractivity contribution in [2.45, 2.75) is 72.2 Å². The van der Waals surface area contributed by atoms with Gasteiger partial charge in [-0.25, -0.2) is 0 Å². The van der Waals surface area contributed by atoms with Gasteiger partial charge in [-0.2, -0.15) is 5.26 Å². The van der Waals surface area contributed by atoms with Gasteiger partial charge in [0.1, 0.15) is 23.4 Å². The summed E-state index contributed by atoms with van der Waals surface area (Å²) in [6, 6.07) is 15.1. The Bertz CT molecular complexity index is 1840. The normalized spacial score (nSPS) is 20.7. The van der Waals surface area contributed by atoms with E-state index in [1.807, 2.05) is 36.4 Å². The molecular weight excluding hydrogens is 616 g/mol. The highest BCUT2D eigenvalue weighted by atomic mass is 32.1. The van der Waals surface area contributed by atoms with Crippen molar-refractivity contribution in [3.8, 4) is 17.2 Å². The van der Waals surface area contributed by atoms with Gasteiger partial charge in [-0.3, -0.25) is 24.0 Å². The minimum atomic E-state index is -1.50. The van der Waals surface area contributed by atoms with Gasteiger partial charge in [-0.15, -0.1) is 0 Å². The van der Waals surface area contributed by atoms with Crippen LogP contribution in [0.15, 0.2) is 42.5 Å². The molecule has 3 aromatic rings. The third-order valence-corrected chi connectivity index (χ3v) is 7.80. The standard InChI is InChI=1S/C33H32N2O10S/c1-16-27(17(2)36)28(24-13-9-11-22-10-7-8-12-23(22)24)25(14-34)33(46)35(16)32-31(44-21(6)40)30(43-20(5)39)29(42-19(4)38)26(45-32)15-41-18(3)37/h7-13,26,29-32H,15H2,1-6H3/t26-,29+,30+,31-,32+/m0/s1. The smallest absolute Gasteiger partial charge is 0.303 e. The van der Waals surface area contributed by atoms with E-state index in [1.54, 1.807) is 13.0 Å². The first-order valence-electron chi connectivity index (χ1n) is 14.3. The number of benzene rings is 2. The van der Waals surface area contributed by atoms with Crippen LogP contribution in [0.5, 0.6) is 0 Å². The summed E-state index contributed by atoms with van der Waals surface area (Å²) in [5, 5.41) is 12.2. The lowest BCUT2D eigenvalue weighted by Crippen LogP contribution is -2.60. The molecule has 1 aliphatic rings. The molecule has 0 aliphatic carbocycles. The molecule has 13 heteroatoms. The summed E-state index contributed by atoms with van der Waals surface area (Å²) in [6.45, 7) is 6.99. The molecule has 0 spiro atoms. The Morgan fingerprint density at radius 2 is 1.43 bits per heavy atom. The molecule has 12 nitrogen and oxygen atoms in total. The van der Waals surface area contributed by atoms with E-state index in [4.69, 9.17) is 35.9 Å². The van der Waals surface area contributed by atoms with E-state index < -0.39 is 66.9 Å². The van der Waals surface area contributed by atoms with Crippen molar-refractivity contribution in [1.82, 2.24) is 4.57 Å². The molecule has 2 aromatic carbocycles. The number of hydrogen-bond acceptors (Lipinski definition) is 12. The molecule has 0 saturated carbocycles. The summed E-state index contributed by atoms with van der Waals surface area (Å²) in [6.07, 6.45) is -7.08. The van der Waals surface area contributed by atoms with Crippen LogP contribution in [0.2, 0.25) is 0 Å². The van der Waals surface area contributed by atoms with E-state index in [2.05, 4.69) is 6.07 Å². The van der Waals surface area contributed by atoms with Crippen molar-refractivity contribution in [2.24, 2.45) is 0 Å². The number of ketones is 1. The molecule has 1 fully saturated rings. The maximum Gasteiger partial charge on any atom is 0.303 e. The van der Waals surface area contributed by atoms with Crippen LogP contribution in [0, 0.1) is 22.9 Å². The van der Waals surface area contributed by atoms with Gasteiger partial charge in [0.05, 0.1) is 5.56 Å². The van der Waals surface area contributed by atoms with E-state index >= 15 is 0 Å².